The Bertz CT molecular complexity index is 783. The lowest BCUT2D eigenvalue weighted by Gasteiger charge is -2.19. The second-order valence-electron chi connectivity index (χ2n) is 8.09. The van der Waals surface area contributed by atoms with Crippen molar-refractivity contribution in [3.63, 3.8) is 0 Å². The minimum Gasteiger partial charge on any atom is -0.371 e. The summed E-state index contributed by atoms with van der Waals surface area (Å²) >= 11 is 1.68. The molecule has 0 atom stereocenters. The first kappa shape index (κ1) is 22.1. The summed E-state index contributed by atoms with van der Waals surface area (Å²) in [6.45, 7) is 12.3. The molecule has 4 N–H and O–H groups in total. The van der Waals surface area contributed by atoms with Crippen molar-refractivity contribution in [2.45, 2.75) is 60.3 Å². The van der Waals surface area contributed by atoms with Crippen LogP contribution >= 0.6 is 11.3 Å². The Morgan fingerprint density at radius 1 is 1.25 bits per heavy atom. The van der Waals surface area contributed by atoms with Crippen LogP contribution in [0.5, 0.6) is 0 Å². The Hall–Kier alpha value is -2.15. The van der Waals surface area contributed by atoms with E-state index in [-0.39, 0.29) is 5.41 Å². The minimum absolute atomic E-state index is 0.0956. The molecule has 0 radical (unpaired) electrons. The third-order valence-corrected chi connectivity index (χ3v) is 5.26. The van der Waals surface area contributed by atoms with Gasteiger partial charge in [0.2, 0.25) is 0 Å². The Morgan fingerprint density at radius 3 is 2.68 bits per heavy atom. The van der Waals surface area contributed by atoms with Crippen LogP contribution in [-0.2, 0) is 0 Å². The summed E-state index contributed by atoms with van der Waals surface area (Å²) in [6.07, 6.45) is 7.95. The molecule has 2 heterocycles. The zero-order valence-electron chi connectivity index (χ0n) is 17.8. The van der Waals surface area contributed by atoms with Gasteiger partial charge in [0, 0.05) is 24.9 Å². The van der Waals surface area contributed by atoms with Crippen LogP contribution in [0.1, 0.15) is 65.3 Å². The number of nitrogens with zero attached hydrogens (tertiary/aromatic N) is 3. The summed E-state index contributed by atoms with van der Waals surface area (Å²) in [6, 6.07) is 2.00. The first-order chi connectivity index (χ1) is 13.3. The number of fused-ring (bicyclic) bond motifs is 1. The van der Waals surface area contributed by atoms with E-state index in [1.165, 1.54) is 12.8 Å². The number of unbranched alkanes of at least 4 members (excludes halogenated alkanes) is 2. The number of thiazole rings is 1. The lowest BCUT2D eigenvalue weighted by Crippen LogP contribution is -2.38. The van der Waals surface area contributed by atoms with Crippen molar-refractivity contribution in [2.75, 3.05) is 13.1 Å². The molecule has 0 amide bonds. The van der Waals surface area contributed by atoms with Gasteiger partial charge in [0.15, 0.2) is 5.96 Å². The number of pyridine rings is 1. The zero-order valence-corrected chi connectivity index (χ0v) is 18.6. The summed E-state index contributed by atoms with van der Waals surface area (Å²) in [5.41, 5.74) is 8.33. The number of rotatable bonds is 9. The third kappa shape index (κ3) is 6.78. The molecule has 0 fully saturated rings. The van der Waals surface area contributed by atoms with E-state index in [1.807, 2.05) is 12.3 Å². The fraction of sp³-hybridized carbons (Fsp3) is 0.571. The van der Waals surface area contributed by atoms with Gasteiger partial charge in [-0.25, -0.2) is 4.98 Å². The van der Waals surface area contributed by atoms with Gasteiger partial charge in [0.05, 0.1) is 10.9 Å². The topological polar surface area (TPSA) is 88.2 Å². The van der Waals surface area contributed by atoms with E-state index >= 15 is 0 Å². The molecular weight excluding hydrogens is 368 g/mol. The van der Waals surface area contributed by atoms with Crippen molar-refractivity contribution in [1.82, 2.24) is 20.6 Å². The molecule has 0 aliphatic carbocycles. The molecule has 0 aliphatic heterocycles. The van der Waals surface area contributed by atoms with E-state index in [9.17, 15) is 0 Å². The SMILES string of the molecule is CCCCCN/C(NC(N)=NCC(C)(C)C)=C(/CC)c1nc2cnccc2s1. The first-order valence-corrected chi connectivity index (χ1v) is 10.9. The van der Waals surface area contributed by atoms with Crippen molar-refractivity contribution in [3.8, 4) is 0 Å². The van der Waals surface area contributed by atoms with Crippen molar-refractivity contribution in [1.29, 1.82) is 0 Å². The quantitative estimate of drug-likeness (QED) is 0.326. The average molecular weight is 403 g/mol. The van der Waals surface area contributed by atoms with Crippen molar-refractivity contribution >= 4 is 33.1 Å². The second-order valence-corrected chi connectivity index (χ2v) is 9.12. The largest absolute Gasteiger partial charge is 0.371 e. The molecular formula is C21H34N6S. The predicted octanol–water partition coefficient (Wildman–Crippen LogP) is 4.50. The maximum Gasteiger partial charge on any atom is 0.194 e. The van der Waals surface area contributed by atoms with Crippen LogP contribution in [0.15, 0.2) is 29.3 Å². The summed E-state index contributed by atoms with van der Waals surface area (Å²) in [4.78, 5) is 13.5. The second kappa shape index (κ2) is 10.4. The van der Waals surface area contributed by atoms with E-state index in [4.69, 9.17) is 10.7 Å². The number of hydrogen-bond acceptors (Lipinski definition) is 5. The highest BCUT2D eigenvalue weighted by molar-refractivity contribution is 7.19. The molecule has 7 heteroatoms. The molecule has 2 aromatic heterocycles. The van der Waals surface area contributed by atoms with Gasteiger partial charge in [0.25, 0.3) is 0 Å². The molecule has 0 saturated carbocycles. The lowest BCUT2D eigenvalue weighted by atomic mass is 9.97. The monoisotopic (exact) mass is 402 g/mol. The molecule has 0 aromatic carbocycles. The Labute approximate surface area is 172 Å². The highest BCUT2D eigenvalue weighted by atomic mass is 32.1. The average Bonchev–Trinajstić information content (AvgIpc) is 3.07. The molecule has 0 aliphatic rings. The van der Waals surface area contributed by atoms with Gasteiger partial charge < -0.3 is 16.4 Å². The predicted molar refractivity (Wildman–Crippen MR) is 121 cm³/mol. The van der Waals surface area contributed by atoms with Crippen LogP contribution in [0, 0.1) is 5.41 Å². The van der Waals surface area contributed by atoms with Gasteiger partial charge in [-0.1, -0.05) is 47.5 Å². The number of aliphatic imine (C=N–C) groups is 1. The van der Waals surface area contributed by atoms with Crippen LogP contribution in [0.3, 0.4) is 0 Å². The molecule has 0 saturated heterocycles. The maximum atomic E-state index is 6.20. The molecule has 2 aromatic rings. The number of allylic oxidation sites excluding steroid dienone is 1. The van der Waals surface area contributed by atoms with Gasteiger partial charge >= 0.3 is 0 Å². The molecule has 2 rings (SSSR count). The van der Waals surface area contributed by atoms with E-state index in [0.29, 0.717) is 12.5 Å². The minimum atomic E-state index is 0.0956. The number of nitrogens with two attached hydrogens (primary N) is 1. The summed E-state index contributed by atoms with van der Waals surface area (Å²) in [5, 5.41) is 7.83. The van der Waals surface area contributed by atoms with Gasteiger partial charge in [-0.05, 0) is 24.3 Å². The zero-order chi connectivity index (χ0) is 20.6. The Balaban J connectivity index is 2.32. The van der Waals surface area contributed by atoms with Crippen molar-refractivity contribution in [3.05, 3.63) is 29.3 Å². The third-order valence-electron chi connectivity index (χ3n) is 4.16. The number of aromatic nitrogens is 2. The number of guanidine groups is 1. The molecule has 0 bridgehead atoms. The number of nitrogens with one attached hydrogen (secondary N) is 2. The Morgan fingerprint density at radius 2 is 2.04 bits per heavy atom. The molecule has 6 nitrogen and oxygen atoms in total. The maximum absolute atomic E-state index is 6.20. The summed E-state index contributed by atoms with van der Waals surface area (Å²) < 4.78 is 1.13. The fourth-order valence-electron chi connectivity index (χ4n) is 2.65. The molecule has 28 heavy (non-hydrogen) atoms. The van der Waals surface area contributed by atoms with Gasteiger partial charge in [-0.15, -0.1) is 11.3 Å². The van der Waals surface area contributed by atoms with Gasteiger partial charge in [-0.3, -0.25) is 9.98 Å². The van der Waals surface area contributed by atoms with Crippen LogP contribution in [0.2, 0.25) is 0 Å². The van der Waals surface area contributed by atoms with E-state index < -0.39 is 0 Å². The summed E-state index contributed by atoms with van der Waals surface area (Å²) in [7, 11) is 0. The molecule has 0 unspecified atom stereocenters. The summed E-state index contributed by atoms with van der Waals surface area (Å²) in [5.74, 6) is 1.34. The van der Waals surface area contributed by atoms with E-state index in [1.54, 1.807) is 17.5 Å². The van der Waals surface area contributed by atoms with E-state index in [2.05, 4.69) is 55.2 Å². The van der Waals surface area contributed by atoms with E-state index in [0.717, 1.165) is 46.0 Å². The molecule has 0 spiro atoms. The Kier molecular flexibility index (Phi) is 8.23. The van der Waals surface area contributed by atoms with Gasteiger partial charge in [-0.2, -0.15) is 0 Å². The standard InChI is InChI=1S/C21H34N6S/c1-6-8-9-11-24-18(27-20(22)25-14-21(3,4)5)15(7-2)19-26-16-13-23-12-10-17(16)28-19/h10,12-13,24H,6-9,11,14H2,1-5H3,(H3,22,25,27)/b18-15+. The van der Waals surface area contributed by atoms with Crippen LogP contribution in [0.25, 0.3) is 15.8 Å². The van der Waals surface area contributed by atoms with Crippen LogP contribution in [-0.4, -0.2) is 29.0 Å². The highest BCUT2D eigenvalue weighted by Crippen LogP contribution is 2.29. The van der Waals surface area contributed by atoms with Gasteiger partial charge in [0.1, 0.15) is 16.3 Å². The fourth-order valence-corrected chi connectivity index (χ4v) is 3.70. The highest BCUT2D eigenvalue weighted by Gasteiger charge is 2.15. The number of hydrogen-bond donors (Lipinski definition) is 3. The lowest BCUT2D eigenvalue weighted by molar-refractivity contribution is 0.429. The first-order valence-electron chi connectivity index (χ1n) is 10.1. The normalized spacial score (nSPS) is 13.5. The molecule has 154 valence electrons. The smallest absolute Gasteiger partial charge is 0.194 e. The van der Waals surface area contributed by atoms with Crippen molar-refractivity contribution < 1.29 is 0 Å². The van der Waals surface area contributed by atoms with Crippen LogP contribution in [0.4, 0.5) is 0 Å². The van der Waals surface area contributed by atoms with Crippen LogP contribution < -0.4 is 16.4 Å². The van der Waals surface area contributed by atoms with Crippen molar-refractivity contribution in [2.24, 2.45) is 16.1 Å².